The molecule has 0 heterocycles. The second-order valence-corrected chi connectivity index (χ2v) is 8.18. The molecule has 17 heavy (non-hydrogen) atoms. The van der Waals surface area contributed by atoms with E-state index in [0.717, 1.165) is 30.1 Å². The number of rotatable bonds is 1. The highest BCUT2D eigenvalue weighted by Gasteiger charge is 2.62. The maximum Gasteiger partial charge on any atom is 0.139 e. The van der Waals surface area contributed by atoms with Gasteiger partial charge in [0.15, 0.2) is 0 Å². The molecule has 5 aliphatic rings. The van der Waals surface area contributed by atoms with Crippen LogP contribution in [0.2, 0.25) is 0 Å². The van der Waals surface area contributed by atoms with E-state index in [1.807, 2.05) is 0 Å². The van der Waals surface area contributed by atoms with Gasteiger partial charge in [0, 0.05) is 11.8 Å². The highest BCUT2D eigenvalue weighted by Crippen LogP contribution is 2.68. The third-order valence-electron chi connectivity index (χ3n) is 6.80. The SMILES string of the molecule is CC1(C)C(=O)CC1C12CC3CC(CC(C3)C1)C2. The van der Waals surface area contributed by atoms with Gasteiger partial charge in [-0.3, -0.25) is 4.79 Å². The summed E-state index contributed by atoms with van der Waals surface area (Å²) in [5, 5.41) is 0. The molecule has 0 spiro atoms. The van der Waals surface area contributed by atoms with Crippen LogP contribution in [0.4, 0.5) is 0 Å². The first kappa shape index (κ1) is 10.6. The van der Waals surface area contributed by atoms with Crippen LogP contribution in [-0.2, 0) is 4.79 Å². The molecule has 5 aliphatic carbocycles. The summed E-state index contributed by atoms with van der Waals surface area (Å²) in [5.74, 6) is 4.31. The fourth-order valence-corrected chi connectivity index (χ4v) is 6.35. The Bertz CT molecular complexity index is 344. The van der Waals surface area contributed by atoms with Crippen LogP contribution in [0.25, 0.3) is 0 Å². The van der Waals surface area contributed by atoms with Crippen molar-refractivity contribution in [3.8, 4) is 0 Å². The third kappa shape index (κ3) is 1.24. The second kappa shape index (κ2) is 2.97. The maximum absolute atomic E-state index is 11.9. The molecule has 0 amide bonds. The van der Waals surface area contributed by atoms with E-state index in [2.05, 4.69) is 13.8 Å². The molecule has 1 unspecified atom stereocenters. The van der Waals surface area contributed by atoms with Gasteiger partial charge in [-0.1, -0.05) is 13.8 Å². The molecule has 5 fully saturated rings. The van der Waals surface area contributed by atoms with Crippen molar-refractivity contribution in [2.75, 3.05) is 0 Å². The monoisotopic (exact) mass is 232 g/mol. The van der Waals surface area contributed by atoms with E-state index in [0.29, 0.717) is 11.2 Å². The lowest BCUT2D eigenvalue weighted by molar-refractivity contribution is -0.172. The summed E-state index contributed by atoms with van der Waals surface area (Å²) in [7, 11) is 0. The summed E-state index contributed by atoms with van der Waals surface area (Å²) in [6, 6.07) is 0. The Morgan fingerprint density at radius 1 is 0.941 bits per heavy atom. The van der Waals surface area contributed by atoms with Crippen LogP contribution >= 0.6 is 0 Å². The standard InChI is InChI=1S/C16H24O/c1-15(2)13(6-14(15)17)16-7-10-3-11(8-16)5-12(4-10)9-16/h10-13H,3-9H2,1-2H3. The van der Waals surface area contributed by atoms with Crippen LogP contribution in [0.15, 0.2) is 0 Å². The van der Waals surface area contributed by atoms with Crippen LogP contribution in [-0.4, -0.2) is 5.78 Å². The summed E-state index contributed by atoms with van der Waals surface area (Å²) in [5.41, 5.74) is 0.595. The summed E-state index contributed by atoms with van der Waals surface area (Å²) in [4.78, 5) is 11.9. The highest BCUT2D eigenvalue weighted by molar-refractivity contribution is 5.91. The van der Waals surface area contributed by atoms with E-state index in [9.17, 15) is 4.79 Å². The van der Waals surface area contributed by atoms with Crippen LogP contribution in [0.3, 0.4) is 0 Å². The number of hydrogen-bond donors (Lipinski definition) is 0. The van der Waals surface area contributed by atoms with E-state index in [1.54, 1.807) is 0 Å². The van der Waals surface area contributed by atoms with E-state index >= 15 is 0 Å². The zero-order valence-electron chi connectivity index (χ0n) is 11.2. The van der Waals surface area contributed by atoms with Crippen LogP contribution in [0.5, 0.6) is 0 Å². The van der Waals surface area contributed by atoms with Crippen molar-refractivity contribution in [2.24, 2.45) is 34.5 Å². The lowest BCUT2D eigenvalue weighted by Gasteiger charge is -2.64. The van der Waals surface area contributed by atoms with Crippen LogP contribution in [0, 0.1) is 34.5 Å². The molecule has 4 bridgehead atoms. The van der Waals surface area contributed by atoms with Gasteiger partial charge in [0.2, 0.25) is 0 Å². The predicted octanol–water partition coefficient (Wildman–Crippen LogP) is 3.82. The lowest BCUT2D eigenvalue weighted by Crippen LogP contribution is -2.59. The Morgan fingerprint density at radius 3 is 1.76 bits per heavy atom. The first-order chi connectivity index (χ1) is 7.99. The lowest BCUT2D eigenvalue weighted by atomic mass is 9.40. The van der Waals surface area contributed by atoms with E-state index in [4.69, 9.17) is 0 Å². The zero-order chi connectivity index (χ0) is 11.8. The Hall–Kier alpha value is -0.330. The normalized spacial score (nSPS) is 54.8. The van der Waals surface area contributed by atoms with E-state index in [-0.39, 0.29) is 5.41 Å². The number of ketones is 1. The average Bonchev–Trinajstić information content (AvgIpc) is 2.23. The van der Waals surface area contributed by atoms with Gasteiger partial charge in [-0.15, -0.1) is 0 Å². The summed E-state index contributed by atoms with van der Waals surface area (Å²) in [6.45, 7) is 4.42. The molecule has 94 valence electrons. The van der Waals surface area contributed by atoms with Crippen LogP contribution < -0.4 is 0 Å². The minimum atomic E-state index is 0.00562. The highest BCUT2D eigenvalue weighted by atomic mass is 16.1. The van der Waals surface area contributed by atoms with Crippen molar-refractivity contribution in [3.63, 3.8) is 0 Å². The Kier molecular flexibility index (Phi) is 1.85. The molecular weight excluding hydrogens is 208 g/mol. The summed E-state index contributed by atoms with van der Waals surface area (Å²) >= 11 is 0. The molecule has 0 saturated heterocycles. The largest absolute Gasteiger partial charge is 0.299 e. The minimum Gasteiger partial charge on any atom is -0.299 e. The van der Waals surface area contributed by atoms with Gasteiger partial charge in [-0.2, -0.15) is 0 Å². The molecule has 0 N–H and O–H groups in total. The molecule has 0 aliphatic heterocycles. The Balaban J connectivity index is 1.67. The van der Waals surface area contributed by atoms with Crippen molar-refractivity contribution in [2.45, 2.75) is 58.8 Å². The van der Waals surface area contributed by atoms with Gasteiger partial charge >= 0.3 is 0 Å². The van der Waals surface area contributed by atoms with Crippen molar-refractivity contribution >= 4 is 5.78 Å². The van der Waals surface area contributed by atoms with Crippen molar-refractivity contribution in [3.05, 3.63) is 0 Å². The molecule has 1 atom stereocenters. The first-order valence-corrected chi connectivity index (χ1v) is 7.53. The molecular formula is C16H24O. The fourth-order valence-electron chi connectivity index (χ4n) is 6.35. The topological polar surface area (TPSA) is 17.1 Å². The average molecular weight is 232 g/mol. The predicted molar refractivity (Wildman–Crippen MR) is 67.5 cm³/mol. The van der Waals surface area contributed by atoms with Crippen molar-refractivity contribution < 1.29 is 4.79 Å². The molecule has 0 radical (unpaired) electrons. The summed E-state index contributed by atoms with van der Waals surface area (Å²) < 4.78 is 0. The smallest absolute Gasteiger partial charge is 0.139 e. The molecule has 0 aromatic heterocycles. The maximum atomic E-state index is 11.9. The van der Waals surface area contributed by atoms with Crippen molar-refractivity contribution in [1.82, 2.24) is 0 Å². The van der Waals surface area contributed by atoms with Gasteiger partial charge in [0.1, 0.15) is 5.78 Å². The molecule has 5 rings (SSSR count). The first-order valence-electron chi connectivity index (χ1n) is 7.53. The summed E-state index contributed by atoms with van der Waals surface area (Å²) in [6.07, 6.45) is 9.82. The quantitative estimate of drug-likeness (QED) is 0.671. The minimum absolute atomic E-state index is 0.00562. The molecule has 0 aromatic carbocycles. The number of Topliss-reactive ketones (excluding diaryl/α,β-unsaturated/α-hetero) is 1. The van der Waals surface area contributed by atoms with Gasteiger partial charge in [0.25, 0.3) is 0 Å². The molecule has 0 aromatic rings. The number of carbonyl (C=O) groups is 1. The zero-order valence-corrected chi connectivity index (χ0v) is 11.2. The van der Waals surface area contributed by atoms with E-state index < -0.39 is 0 Å². The fraction of sp³-hybridized carbons (Fsp3) is 0.938. The van der Waals surface area contributed by atoms with Crippen molar-refractivity contribution in [1.29, 1.82) is 0 Å². The Labute approximate surface area is 104 Å². The molecule has 1 nitrogen and oxygen atoms in total. The second-order valence-electron chi connectivity index (χ2n) is 8.18. The Morgan fingerprint density at radius 2 is 1.41 bits per heavy atom. The van der Waals surface area contributed by atoms with Gasteiger partial charge < -0.3 is 0 Å². The molecule has 1 heteroatoms. The molecule has 5 saturated carbocycles. The van der Waals surface area contributed by atoms with Crippen LogP contribution in [0.1, 0.15) is 58.8 Å². The number of hydrogen-bond acceptors (Lipinski definition) is 1. The van der Waals surface area contributed by atoms with Gasteiger partial charge in [0.05, 0.1) is 0 Å². The van der Waals surface area contributed by atoms with Gasteiger partial charge in [-0.05, 0) is 67.6 Å². The number of carbonyl (C=O) groups excluding carboxylic acids is 1. The van der Waals surface area contributed by atoms with E-state index in [1.165, 1.54) is 38.5 Å². The third-order valence-corrected chi connectivity index (χ3v) is 6.80. The van der Waals surface area contributed by atoms with Gasteiger partial charge in [-0.25, -0.2) is 0 Å².